The van der Waals surface area contributed by atoms with E-state index in [2.05, 4.69) is 21.2 Å². The monoisotopic (exact) mass is 376 g/mol. The number of carbonyl (C=O) groups excluding carboxylic acids is 1. The van der Waals surface area contributed by atoms with E-state index in [0.717, 1.165) is 15.7 Å². The lowest BCUT2D eigenvalue weighted by Crippen LogP contribution is -2.35. The van der Waals surface area contributed by atoms with Crippen molar-refractivity contribution in [1.82, 2.24) is 5.32 Å². The molecule has 0 aromatic heterocycles. The average Bonchev–Trinajstić information content (AvgIpc) is 2.55. The van der Waals surface area contributed by atoms with Crippen molar-refractivity contribution in [2.24, 2.45) is 0 Å². The van der Waals surface area contributed by atoms with Gasteiger partial charge in [-0.1, -0.05) is 28.1 Å². The fraction of sp³-hybridized carbons (Fsp3) is 0.278. The Balaban J connectivity index is 1.84. The van der Waals surface area contributed by atoms with Crippen LogP contribution >= 0.6 is 15.9 Å². The molecule has 0 radical (unpaired) electrons. The summed E-state index contributed by atoms with van der Waals surface area (Å²) in [5, 5.41) is 2.89. The zero-order valence-corrected chi connectivity index (χ0v) is 15.1. The van der Waals surface area contributed by atoms with Crippen molar-refractivity contribution < 1.29 is 9.53 Å². The maximum absolute atomic E-state index is 12.1. The molecule has 1 unspecified atom stereocenters. The van der Waals surface area contributed by atoms with Crippen LogP contribution in [0.25, 0.3) is 0 Å². The van der Waals surface area contributed by atoms with Crippen LogP contribution in [0.2, 0.25) is 0 Å². The first-order valence-electron chi connectivity index (χ1n) is 7.42. The Morgan fingerprint density at radius 1 is 1.13 bits per heavy atom. The Morgan fingerprint density at radius 3 is 2.30 bits per heavy atom. The first kappa shape index (κ1) is 17.3. The maximum atomic E-state index is 12.1. The fourth-order valence-electron chi connectivity index (χ4n) is 2.02. The molecule has 0 spiro atoms. The lowest BCUT2D eigenvalue weighted by atomic mass is 10.2. The number of anilines is 1. The third-order valence-corrected chi connectivity index (χ3v) is 3.94. The summed E-state index contributed by atoms with van der Waals surface area (Å²) in [6, 6.07) is 15.5. The number of halogens is 1. The molecule has 5 heteroatoms. The van der Waals surface area contributed by atoms with Crippen LogP contribution in [0, 0.1) is 0 Å². The first-order valence-corrected chi connectivity index (χ1v) is 8.21. The summed E-state index contributed by atoms with van der Waals surface area (Å²) in [6.07, 6.45) is -0.544. The topological polar surface area (TPSA) is 41.6 Å². The largest absolute Gasteiger partial charge is 0.481 e. The van der Waals surface area contributed by atoms with Crippen LogP contribution in [0.3, 0.4) is 0 Å². The predicted octanol–water partition coefficient (Wildman–Crippen LogP) is 3.60. The van der Waals surface area contributed by atoms with Gasteiger partial charge in [-0.05, 0) is 48.9 Å². The molecule has 0 aliphatic carbocycles. The number of nitrogens with one attached hydrogen (secondary N) is 1. The molecular weight excluding hydrogens is 356 g/mol. The van der Waals surface area contributed by atoms with Gasteiger partial charge in [0.15, 0.2) is 6.10 Å². The standard InChI is InChI=1S/C18H21BrN2O2/c1-13(23-17-10-6-15(19)7-11-17)18(22)20-12-14-4-8-16(9-5-14)21(2)3/h4-11,13H,12H2,1-3H3,(H,20,22). The minimum atomic E-state index is -0.544. The van der Waals surface area contributed by atoms with Crippen molar-refractivity contribution in [3.63, 3.8) is 0 Å². The summed E-state index contributed by atoms with van der Waals surface area (Å²) in [5.41, 5.74) is 2.19. The first-order chi connectivity index (χ1) is 11.0. The summed E-state index contributed by atoms with van der Waals surface area (Å²) in [6.45, 7) is 2.23. The Labute approximate surface area is 145 Å². The summed E-state index contributed by atoms with van der Waals surface area (Å²) in [7, 11) is 4.00. The molecule has 0 aliphatic rings. The van der Waals surface area contributed by atoms with E-state index < -0.39 is 6.10 Å². The highest BCUT2D eigenvalue weighted by Gasteiger charge is 2.14. The highest BCUT2D eigenvalue weighted by atomic mass is 79.9. The lowest BCUT2D eigenvalue weighted by Gasteiger charge is -2.15. The molecule has 2 aromatic carbocycles. The van der Waals surface area contributed by atoms with E-state index in [9.17, 15) is 4.79 Å². The minimum Gasteiger partial charge on any atom is -0.481 e. The van der Waals surface area contributed by atoms with Crippen LogP contribution in [0.5, 0.6) is 5.75 Å². The summed E-state index contributed by atoms with van der Waals surface area (Å²) >= 11 is 3.37. The Morgan fingerprint density at radius 2 is 1.74 bits per heavy atom. The van der Waals surface area contributed by atoms with E-state index in [0.29, 0.717) is 12.3 Å². The molecule has 122 valence electrons. The van der Waals surface area contributed by atoms with Gasteiger partial charge in [0.25, 0.3) is 5.91 Å². The molecule has 0 saturated carbocycles. The Kier molecular flexibility index (Phi) is 6.04. The van der Waals surface area contributed by atoms with E-state index >= 15 is 0 Å². The number of hydrogen-bond acceptors (Lipinski definition) is 3. The number of amides is 1. The van der Waals surface area contributed by atoms with Gasteiger partial charge in [-0.15, -0.1) is 0 Å². The second-order valence-electron chi connectivity index (χ2n) is 5.49. The van der Waals surface area contributed by atoms with Gasteiger partial charge in [0, 0.05) is 30.8 Å². The van der Waals surface area contributed by atoms with Crippen LogP contribution in [-0.2, 0) is 11.3 Å². The number of rotatable bonds is 6. The normalized spacial score (nSPS) is 11.7. The van der Waals surface area contributed by atoms with Crippen LogP contribution < -0.4 is 15.0 Å². The SMILES string of the molecule is CC(Oc1ccc(Br)cc1)C(=O)NCc1ccc(N(C)C)cc1. The second-order valence-corrected chi connectivity index (χ2v) is 6.41. The molecule has 1 amide bonds. The molecule has 1 N–H and O–H groups in total. The Hall–Kier alpha value is -2.01. The van der Waals surface area contributed by atoms with Crippen LogP contribution in [0.4, 0.5) is 5.69 Å². The van der Waals surface area contributed by atoms with Gasteiger partial charge in [-0.25, -0.2) is 0 Å². The lowest BCUT2D eigenvalue weighted by molar-refractivity contribution is -0.127. The van der Waals surface area contributed by atoms with Crippen molar-refractivity contribution in [3.05, 3.63) is 58.6 Å². The molecule has 0 saturated heterocycles. The number of nitrogens with zero attached hydrogens (tertiary/aromatic N) is 1. The van der Waals surface area contributed by atoms with Gasteiger partial charge in [0.2, 0.25) is 0 Å². The number of benzene rings is 2. The Bertz CT molecular complexity index is 639. The molecule has 1 atom stereocenters. The molecule has 2 aromatic rings. The zero-order valence-electron chi connectivity index (χ0n) is 13.5. The molecule has 0 aliphatic heterocycles. The number of carbonyl (C=O) groups is 1. The van der Waals surface area contributed by atoms with E-state index in [1.165, 1.54) is 0 Å². The van der Waals surface area contributed by atoms with Crippen LogP contribution in [-0.4, -0.2) is 26.1 Å². The van der Waals surface area contributed by atoms with Gasteiger partial charge in [0.1, 0.15) is 5.75 Å². The van der Waals surface area contributed by atoms with Crippen molar-refractivity contribution in [1.29, 1.82) is 0 Å². The molecule has 4 nitrogen and oxygen atoms in total. The summed E-state index contributed by atoms with van der Waals surface area (Å²) in [5.74, 6) is 0.538. The van der Waals surface area contributed by atoms with Crippen molar-refractivity contribution in [3.8, 4) is 5.75 Å². The van der Waals surface area contributed by atoms with E-state index in [-0.39, 0.29) is 5.91 Å². The smallest absolute Gasteiger partial charge is 0.261 e. The van der Waals surface area contributed by atoms with Gasteiger partial charge in [0.05, 0.1) is 0 Å². The van der Waals surface area contributed by atoms with Gasteiger partial charge < -0.3 is 15.0 Å². The van der Waals surface area contributed by atoms with Crippen molar-refractivity contribution >= 4 is 27.5 Å². The van der Waals surface area contributed by atoms with Gasteiger partial charge >= 0.3 is 0 Å². The van der Waals surface area contributed by atoms with Crippen LogP contribution in [0.1, 0.15) is 12.5 Å². The average molecular weight is 377 g/mol. The fourth-order valence-corrected chi connectivity index (χ4v) is 2.28. The maximum Gasteiger partial charge on any atom is 0.261 e. The highest BCUT2D eigenvalue weighted by molar-refractivity contribution is 9.10. The van der Waals surface area contributed by atoms with Crippen molar-refractivity contribution in [2.75, 3.05) is 19.0 Å². The van der Waals surface area contributed by atoms with Gasteiger partial charge in [-0.3, -0.25) is 4.79 Å². The highest BCUT2D eigenvalue weighted by Crippen LogP contribution is 2.17. The summed E-state index contributed by atoms with van der Waals surface area (Å²) < 4.78 is 6.61. The van der Waals surface area contributed by atoms with E-state index in [1.54, 1.807) is 6.92 Å². The molecule has 2 rings (SSSR count). The third kappa shape index (κ3) is 5.28. The minimum absolute atomic E-state index is 0.135. The quantitative estimate of drug-likeness (QED) is 0.837. The molecular formula is C18H21BrN2O2. The molecule has 0 fully saturated rings. The number of hydrogen-bond donors (Lipinski definition) is 1. The molecule has 0 heterocycles. The number of ether oxygens (including phenoxy) is 1. The van der Waals surface area contributed by atoms with Gasteiger partial charge in [-0.2, -0.15) is 0 Å². The zero-order chi connectivity index (χ0) is 16.8. The third-order valence-electron chi connectivity index (χ3n) is 3.42. The summed E-state index contributed by atoms with van der Waals surface area (Å²) in [4.78, 5) is 14.1. The van der Waals surface area contributed by atoms with E-state index in [4.69, 9.17) is 4.74 Å². The molecule has 0 bridgehead atoms. The van der Waals surface area contributed by atoms with Crippen molar-refractivity contribution in [2.45, 2.75) is 19.6 Å². The second kappa shape index (κ2) is 8.02. The predicted molar refractivity (Wildman–Crippen MR) is 96.8 cm³/mol. The molecule has 23 heavy (non-hydrogen) atoms. The van der Waals surface area contributed by atoms with E-state index in [1.807, 2.05) is 67.5 Å². The van der Waals surface area contributed by atoms with Crippen LogP contribution in [0.15, 0.2) is 53.0 Å².